The Balaban J connectivity index is 1.41. The highest BCUT2D eigenvalue weighted by Gasteiger charge is 2.30. The number of nitrogens with zero attached hydrogens (tertiary/aromatic N) is 1. The van der Waals surface area contributed by atoms with Crippen LogP contribution in [0.1, 0.15) is 29.9 Å². The molecule has 1 aromatic heterocycles. The molecule has 1 unspecified atom stereocenters. The molecule has 35 heavy (non-hydrogen) atoms. The van der Waals surface area contributed by atoms with Crippen LogP contribution in [0.5, 0.6) is 5.88 Å². The van der Waals surface area contributed by atoms with Crippen LogP contribution < -0.4 is 15.4 Å². The maximum Gasteiger partial charge on any atom is 0.407 e. The molecule has 9 heteroatoms. The number of carboxylic acid groups (broad SMARTS) is 1. The predicted molar refractivity (Wildman–Crippen MR) is 128 cm³/mol. The van der Waals surface area contributed by atoms with Crippen LogP contribution in [-0.4, -0.2) is 47.8 Å². The van der Waals surface area contributed by atoms with Crippen molar-refractivity contribution in [1.82, 2.24) is 10.3 Å². The Morgan fingerprint density at radius 1 is 1.00 bits per heavy atom. The van der Waals surface area contributed by atoms with Crippen LogP contribution in [0.25, 0.3) is 11.1 Å². The number of carbonyl (C=O) groups excluding carboxylic acids is 2. The first-order chi connectivity index (χ1) is 17.0. The van der Waals surface area contributed by atoms with E-state index in [0.29, 0.717) is 11.6 Å². The van der Waals surface area contributed by atoms with E-state index in [9.17, 15) is 14.4 Å². The van der Waals surface area contributed by atoms with Gasteiger partial charge in [0.15, 0.2) is 0 Å². The number of methoxy groups -OCH3 is 1. The molecule has 4 rings (SSSR count). The van der Waals surface area contributed by atoms with Gasteiger partial charge in [0.25, 0.3) is 0 Å². The van der Waals surface area contributed by atoms with E-state index >= 15 is 0 Å². The van der Waals surface area contributed by atoms with Gasteiger partial charge in [-0.05, 0) is 34.7 Å². The summed E-state index contributed by atoms with van der Waals surface area (Å²) in [5.74, 6) is -1.41. The average Bonchev–Trinajstić information content (AvgIpc) is 3.19. The number of carboxylic acids is 1. The first kappa shape index (κ1) is 23.7. The summed E-state index contributed by atoms with van der Waals surface area (Å²) in [5.41, 5.74) is 4.71. The fraction of sp³-hybridized carbons (Fsp3) is 0.231. The van der Waals surface area contributed by atoms with Crippen LogP contribution in [-0.2, 0) is 14.3 Å². The molecule has 0 radical (unpaired) electrons. The van der Waals surface area contributed by atoms with E-state index in [4.69, 9.17) is 14.6 Å². The van der Waals surface area contributed by atoms with E-state index in [2.05, 4.69) is 15.6 Å². The molecule has 0 saturated carbocycles. The Morgan fingerprint density at radius 3 is 2.23 bits per heavy atom. The van der Waals surface area contributed by atoms with Crippen LogP contribution in [0, 0.1) is 0 Å². The Bertz CT molecular complexity index is 1180. The molecule has 0 bridgehead atoms. The number of hydrogen-bond donors (Lipinski definition) is 3. The summed E-state index contributed by atoms with van der Waals surface area (Å²) >= 11 is 0. The van der Waals surface area contributed by atoms with Crippen molar-refractivity contribution in [3.63, 3.8) is 0 Å². The van der Waals surface area contributed by atoms with Crippen LogP contribution in [0.2, 0.25) is 0 Å². The number of rotatable bonds is 9. The number of aromatic nitrogens is 1. The highest BCUT2D eigenvalue weighted by molar-refractivity contribution is 5.96. The van der Waals surface area contributed by atoms with Gasteiger partial charge in [0.05, 0.1) is 19.0 Å². The van der Waals surface area contributed by atoms with E-state index in [1.807, 2.05) is 48.5 Å². The van der Waals surface area contributed by atoms with E-state index in [1.54, 1.807) is 12.1 Å². The molecule has 0 saturated heterocycles. The summed E-state index contributed by atoms with van der Waals surface area (Å²) in [6.45, 7) is 0.0789. The van der Waals surface area contributed by atoms with Crippen LogP contribution in [0.4, 0.5) is 10.5 Å². The SMILES string of the molecule is COc1ccc(NC(=O)C(CCC(=O)O)NC(=O)OCC2c3ccccc3-c3ccccc32)cn1. The largest absolute Gasteiger partial charge is 0.481 e. The van der Waals surface area contributed by atoms with Crippen LogP contribution in [0.3, 0.4) is 0 Å². The van der Waals surface area contributed by atoms with E-state index in [0.717, 1.165) is 22.3 Å². The molecule has 1 aliphatic carbocycles. The van der Waals surface area contributed by atoms with Crippen LogP contribution >= 0.6 is 0 Å². The molecule has 1 atom stereocenters. The summed E-state index contributed by atoms with van der Waals surface area (Å²) < 4.78 is 10.5. The molecule has 0 fully saturated rings. The normalized spacial score (nSPS) is 12.7. The van der Waals surface area contributed by atoms with Gasteiger partial charge in [0, 0.05) is 18.4 Å². The number of aliphatic carboxylic acids is 1. The number of nitrogens with one attached hydrogen (secondary N) is 2. The van der Waals surface area contributed by atoms with Crippen molar-refractivity contribution >= 4 is 23.7 Å². The third-order valence-corrected chi connectivity index (χ3v) is 5.81. The minimum absolute atomic E-state index is 0.0789. The number of ether oxygens (including phenoxy) is 2. The molecule has 2 aromatic carbocycles. The number of amides is 2. The highest BCUT2D eigenvalue weighted by atomic mass is 16.5. The molecular formula is C26H25N3O6. The lowest BCUT2D eigenvalue weighted by Gasteiger charge is -2.19. The van der Waals surface area contributed by atoms with Gasteiger partial charge < -0.3 is 25.2 Å². The minimum atomic E-state index is -1.11. The molecule has 1 heterocycles. The third kappa shape index (κ3) is 5.57. The molecule has 0 spiro atoms. The van der Waals surface area contributed by atoms with Gasteiger partial charge in [0.2, 0.25) is 11.8 Å². The summed E-state index contributed by atoms with van der Waals surface area (Å²) in [4.78, 5) is 40.5. The number of anilines is 1. The maximum absolute atomic E-state index is 12.8. The Labute approximate surface area is 202 Å². The zero-order valence-corrected chi connectivity index (χ0v) is 19.1. The van der Waals surface area contributed by atoms with Gasteiger partial charge in [-0.3, -0.25) is 9.59 Å². The monoisotopic (exact) mass is 475 g/mol. The smallest absolute Gasteiger partial charge is 0.407 e. The summed E-state index contributed by atoms with van der Waals surface area (Å²) in [6.07, 6.45) is 0.195. The standard InChI is InChI=1S/C26H25N3O6/c1-34-23-12-10-16(14-27-23)28-25(32)22(11-13-24(30)31)29-26(33)35-15-21-19-8-4-2-6-17(19)18-7-3-5-9-20(18)21/h2-10,12,14,21-22H,11,13,15H2,1H3,(H,28,32)(H,29,33)(H,30,31). The van der Waals surface area contributed by atoms with Crippen molar-refractivity contribution in [2.45, 2.75) is 24.8 Å². The summed E-state index contributed by atoms with van der Waals surface area (Å²) in [5, 5.41) is 14.2. The van der Waals surface area contributed by atoms with E-state index in [1.165, 1.54) is 13.3 Å². The van der Waals surface area contributed by atoms with Crippen molar-refractivity contribution in [2.24, 2.45) is 0 Å². The van der Waals surface area contributed by atoms with E-state index in [-0.39, 0.29) is 25.4 Å². The molecule has 0 aliphatic heterocycles. The molecule has 3 N–H and O–H groups in total. The van der Waals surface area contributed by atoms with Crippen molar-refractivity contribution in [2.75, 3.05) is 19.0 Å². The second kappa shape index (κ2) is 10.7. The first-order valence-corrected chi connectivity index (χ1v) is 11.1. The molecular weight excluding hydrogens is 450 g/mol. The minimum Gasteiger partial charge on any atom is -0.481 e. The first-order valence-electron chi connectivity index (χ1n) is 11.1. The summed E-state index contributed by atoms with van der Waals surface area (Å²) in [7, 11) is 1.47. The maximum atomic E-state index is 12.8. The quantitative estimate of drug-likeness (QED) is 0.430. The topological polar surface area (TPSA) is 127 Å². The number of fused-ring (bicyclic) bond motifs is 3. The van der Waals surface area contributed by atoms with Crippen molar-refractivity contribution in [3.8, 4) is 17.0 Å². The third-order valence-electron chi connectivity index (χ3n) is 5.81. The van der Waals surface area contributed by atoms with Gasteiger partial charge in [-0.25, -0.2) is 9.78 Å². The zero-order valence-electron chi connectivity index (χ0n) is 19.1. The van der Waals surface area contributed by atoms with E-state index < -0.39 is 24.0 Å². The second-order valence-electron chi connectivity index (χ2n) is 8.03. The van der Waals surface area contributed by atoms with Gasteiger partial charge in [-0.2, -0.15) is 0 Å². The molecule has 1 aliphatic rings. The van der Waals surface area contributed by atoms with Crippen LogP contribution in [0.15, 0.2) is 66.9 Å². The fourth-order valence-electron chi connectivity index (χ4n) is 4.12. The number of alkyl carbamates (subject to hydrolysis) is 1. The number of pyridine rings is 1. The van der Waals surface area contributed by atoms with Crippen molar-refractivity contribution in [1.29, 1.82) is 0 Å². The lowest BCUT2D eigenvalue weighted by molar-refractivity contribution is -0.137. The summed E-state index contributed by atoms with van der Waals surface area (Å²) in [6, 6.07) is 18.0. The van der Waals surface area contributed by atoms with Gasteiger partial charge in [0.1, 0.15) is 12.6 Å². The zero-order chi connectivity index (χ0) is 24.8. The Kier molecular flexibility index (Phi) is 7.25. The second-order valence-corrected chi connectivity index (χ2v) is 8.03. The molecule has 180 valence electrons. The lowest BCUT2D eigenvalue weighted by atomic mass is 9.98. The van der Waals surface area contributed by atoms with Gasteiger partial charge in [-0.15, -0.1) is 0 Å². The van der Waals surface area contributed by atoms with Gasteiger partial charge >= 0.3 is 12.1 Å². The van der Waals surface area contributed by atoms with Crippen molar-refractivity contribution in [3.05, 3.63) is 78.0 Å². The highest BCUT2D eigenvalue weighted by Crippen LogP contribution is 2.44. The number of carbonyl (C=O) groups is 3. The number of hydrogen-bond acceptors (Lipinski definition) is 6. The van der Waals surface area contributed by atoms with Gasteiger partial charge in [-0.1, -0.05) is 48.5 Å². The van der Waals surface area contributed by atoms with Crippen molar-refractivity contribution < 1.29 is 29.0 Å². The Morgan fingerprint density at radius 2 is 1.66 bits per heavy atom. The Hall–Kier alpha value is -4.40. The fourth-order valence-corrected chi connectivity index (χ4v) is 4.12. The molecule has 9 nitrogen and oxygen atoms in total. The molecule has 3 aromatic rings. The lowest BCUT2D eigenvalue weighted by Crippen LogP contribution is -2.44. The predicted octanol–water partition coefficient (Wildman–Crippen LogP) is 3.80. The average molecular weight is 476 g/mol. The molecule has 2 amide bonds. The number of benzene rings is 2.